The lowest BCUT2D eigenvalue weighted by Crippen LogP contribution is -1.85. The van der Waals surface area contributed by atoms with Gasteiger partial charge >= 0.3 is 0 Å². The lowest BCUT2D eigenvalue weighted by atomic mass is 10.2. The number of halogens is 2. The second-order valence-corrected chi connectivity index (χ2v) is 4.27. The van der Waals surface area contributed by atoms with Crippen molar-refractivity contribution < 1.29 is 0 Å². The molecule has 0 unspecified atom stereocenters. The van der Waals surface area contributed by atoms with Gasteiger partial charge in [-0.1, -0.05) is 27.5 Å². The van der Waals surface area contributed by atoms with Gasteiger partial charge in [0, 0.05) is 16.9 Å². The molecule has 0 saturated carbocycles. The summed E-state index contributed by atoms with van der Waals surface area (Å²) < 4.78 is 2.76. The van der Waals surface area contributed by atoms with Gasteiger partial charge in [0.1, 0.15) is 11.2 Å². The number of benzene rings is 1. The van der Waals surface area contributed by atoms with Crippen molar-refractivity contribution in [3.8, 4) is 6.07 Å². The molecule has 2 aromatic rings. The van der Waals surface area contributed by atoms with E-state index in [0.29, 0.717) is 10.7 Å². The van der Waals surface area contributed by atoms with E-state index >= 15 is 0 Å². The molecule has 0 amide bonds. The van der Waals surface area contributed by atoms with Gasteiger partial charge in [0.05, 0.1) is 11.1 Å². The molecule has 4 heteroatoms. The minimum atomic E-state index is 0.487. The van der Waals surface area contributed by atoms with Crippen molar-refractivity contribution >= 4 is 38.4 Å². The van der Waals surface area contributed by atoms with Gasteiger partial charge in [-0.25, -0.2) is 0 Å². The second kappa shape index (κ2) is 3.30. The largest absolute Gasteiger partial charge is 0.334 e. The number of aryl methyl sites for hydroxylation is 1. The molecule has 0 fully saturated rings. The monoisotopic (exact) mass is 268 g/mol. The quantitative estimate of drug-likeness (QED) is 0.720. The van der Waals surface area contributed by atoms with Gasteiger partial charge in [0.15, 0.2) is 0 Å². The van der Waals surface area contributed by atoms with E-state index in [4.69, 9.17) is 16.9 Å². The van der Waals surface area contributed by atoms with Crippen LogP contribution in [0, 0.1) is 11.3 Å². The van der Waals surface area contributed by atoms with Crippen LogP contribution < -0.4 is 0 Å². The van der Waals surface area contributed by atoms with Gasteiger partial charge in [-0.15, -0.1) is 0 Å². The molecular weight excluding hydrogens is 263 g/mol. The van der Waals surface area contributed by atoms with Crippen LogP contribution in [-0.4, -0.2) is 4.57 Å². The highest BCUT2D eigenvalue weighted by atomic mass is 79.9. The zero-order valence-corrected chi connectivity index (χ0v) is 9.72. The Morgan fingerprint density at radius 1 is 1.50 bits per heavy atom. The van der Waals surface area contributed by atoms with Crippen LogP contribution in [0.2, 0.25) is 5.15 Å². The number of rotatable bonds is 0. The molecule has 14 heavy (non-hydrogen) atoms. The summed E-state index contributed by atoms with van der Waals surface area (Å²) >= 11 is 9.38. The molecule has 0 aliphatic rings. The predicted molar refractivity (Wildman–Crippen MR) is 60.3 cm³/mol. The van der Waals surface area contributed by atoms with Crippen molar-refractivity contribution in [3.05, 3.63) is 33.4 Å². The number of fused-ring (bicyclic) bond motifs is 1. The van der Waals surface area contributed by atoms with Crippen LogP contribution in [0.15, 0.2) is 22.7 Å². The fourth-order valence-corrected chi connectivity index (χ4v) is 2.09. The minimum Gasteiger partial charge on any atom is -0.334 e. The zero-order chi connectivity index (χ0) is 10.3. The highest BCUT2D eigenvalue weighted by Crippen LogP contribution is 2.30. The van der Waals surface area contributed by atoms with Gasteiger partial charge < -0.3 is 4.57 Å². The van der Waals surface area contributed by atoms with E-state index in [0.717, 1.165) is 15.4 Å². The third-order valence-corrected chi connectivity index (χ3v) is 3.14. The molecule has 0 N–H and O–H groups in total. The summed E-state index contributed by atoms with van der Waals surface area (Å²) in [6, 6.07) is 7.88. The van der Waals surface area contributed by atoms with E-state index in [1.54, 1.807) is 0 Å². The zero-order valence-electron chi connectivity index (χ0n) is 7.38. The second-order valence-electron chi connectivity index (χ2n) is 3.00. The van der Waals surface area contributed by atoms with Gasteiger partial charge in [-0.2, -0.15) is 5.26 Å². The normalized spacial score (nSPS) is 10.4. The summed E-state index contributed by atoms with van der Waals surface area (Å²) in [5, 5.41) is 10.3. The van der Waals surface area contributed by atoms with Crippen LogP contribution in [0.1, 0.15) is 5.56 Å². The van der Waals surface area contributed by atoms with E-state index in [1.165, 1.54) is 0 Å². The molecule has 0 aliphatic carbocycles. The Hall–Kier alpha value is -0.980. The number of nitriles is 1. The summed E-state index contributed by atoms with van der Waals surface area (Å²) in [7, 11) is 1.85. The molecule has 1 aromatic heterocycles. The van der Waals surface area contributed by atoms with E-state index in [-0.39, 0.29) is 0 Å². The first-order valence-electron chi connectivity index (χ1n) is 3.98. The Kier molecular flexibility index (Phi) is 2.26. The molecule has 2 rings (SSSR count). The molecule has 0 aliphatic heterocycles. The fraction of sp³-hybridized carbons (Fsp3) is 0.100. The molecule has 1 aromatic carbocycles. The molecule has 0 spiro atoms. The highest BCUT2D eigenvalue weighted by Gasteiger charge is 2.12. The maximum Gasteiger partial charge on any atom is 0.127 e. The summed E-state index contributed by atoms with van der Waals surface area (Å²) in [6.07, 6.45) is 0. The summed E-state index contributed by atoms with van der Waals surface area (Å²) in [5.74, 6) is 0. The lowest BCUT2D eigenvalue weighted by Gasteiger charge is -1.96. The number of nitrogens with zero attached hydrogens (tertiary/aromatic N) is 2. The van der Waals surface area contributed by atoms with Crippen molar-refractivity contribution in [2.75, 3.05) is 0 Å². The fourth-order valence-electron chi connectivity index (χ4n) is 1.49. The maximum atomic E-state index is 8.96. The Morgan fingerprint density at radius 2 is 2.21 bits per heavy atom. The Balaban J connectivity index is 2.98. The van der Waals surface area contributed by atoms with E-state index in [1.807, 2.05) is 29.8 Å². The van der Waals surface area contributed by atoms with Crippen LogP contribution in [0.25, 0.3) is 10.9 Å². The number of hydrogen-bond acceptors (Lipinski definition) is 1. The third kappa shape index (κ3) is 1.23. The maximum absolute atomic E-state index is 8.96. The standard InChI is InChI=1S/C10H6BrClN2/c1-14-9-3-2-6(11)4-7(9)8(5-13)10(14)12/h2-4H,1H3. The molecule has 0 atom stereocenters. The molecule has 0 saturated heterocycles. The van der Waals surface area contributed by atoms with E-state index < -0.39 is 0 Å². The molecule has 70 valence electrons. The van der Waals surface area contributed by atoms with Crippen molar-refractivity contribution in [1.29, 1.82) is 5.26 Å². The SMILES string of the molecule is Cn1c(Cl)c(C#N)c2cc(Br)ccc21. The van der Waals surface area contributed by atoms with Gasteiger partial charge in [-0.3, -0.25) is 0 Å². The van der Waals surface area contributed by atoms with Crippen molar-refractivity contribution in [2.24, 2.45) is 7.05 Å². The molecule has 1 heterocycles. The molecule has 0 radical (unpaired) electrons. The topological polar surface area (TPSA) is 28.7 Å². The van der Waals surface area contributed by atoms with Crippen LogP contribution in [0.3, 0.4) is 0 Å². The van der Waals surface area contributed by atoms with E-state index in [2.05, 4.69) is 22.0 Å². The number of aromatic nitrogens is 1. The number of hydrogen-bond donors (Lipinski definition) is 0. The molecule has 0 bridgehead atoms. The third-order valence-electron chi connectivity index (χ3n) is 2.20. The Morgan fingerprint density at radius 3 is 2.86 bits per heavy atom. The molecule has 2 nitrogen and oxygen atoms in total. The first-order valence-corrected chi connectivity index (χ1v) is 5.15. The van der Waals surface area contributed by atoms with Crippen LogP contribution >= 0.6 is 27.5 Å². The highest BCUT2D eigenvalue weighted by molar-refractivity contribution is 9.10. The van der Waals surface area contributed by atoms with Crippen LogP contribution in [0.4, 0.5) is 0 Å². The van der Waals surface area contributed by atoms with Gasteiger partial charge in [0.25, 0.3) is 0 Å². The lowest BCUT2D eigenvalue weighted by molar-refractivity contribution is 0.968. The van der Waals surface area contributed by atoms with E-state index in [9.17, 15) is 0 Å². The first-order chi connectivity index (χ1) is 6.65. The van der Waals surface area contributed by atoms with Crippen molar-refractivity contribution in [3.63, 3.8) is 0 Å². The first kappa shape index (κ1) is 9.57. The average Bonchev–Trinajstić information content (AvgIpc) is 2.39. The Labute approximate surface area is 94.8 Å². The van der Waals surface area contributed by atoms with Crippen molar-refractivity contribution in [2.45, 2.75) is 0 Å². The summed E-state index contributed by atoms with van der Waals surface area (Å²) in [6.45, 7) is 0. The van der Waals surface area contributed by atoms with Gasteiger partial charge in [0.2, 0.25) is 0 Å². The smallest absolute Gasteiger partial charge is 0.127 e. The van der Waals surface area contributed by atoms with Crippen molar-refractivity contribution in [1.82, 2.24) is 4.57 Å². The van der Waals surface area contributed by atoms with Crippen LogP contribution in [-0.2, 0) is 7.05 Å². The predicted octanol–water partition coefficient (Wildman–Crippen LogP) is 3.47. The minimum absolute atomic E-state index is 0.487. The summed E-state index contributed by atoms with van der Waals surface area (Å²) in [4.78, 5) is 0. The molecular formula is C10H6BrClN2. The summed E-state index contributed by atoms with van der Waals surface area (Å²) in [5.41, 5.74) is 1.50. The van der Waals surface area contributed by atoms with Crippen LogP contribution in [0.5, 0.6) is 0 Å². The average molecular weight is 270 g/mol. The van der Waals surface area contributed by atoms with Gasteiger partial charge in [-0.05, 0) is 18.2 Å². The Bertz CT molecular complexity index is 551.